The van der Waals surface area contributed by atoms with E-state index in [1.165, 1.54) is 0 Å². The van der Waals surface area contributed by atoms with E-state index in [1.807, 2.05) is 24.3 Å². The Balaban J connectivity index is 2.14. The minimum absolute atomic E-state index is 0.102. The van der Waals surface area contributed by atoms with E-state index in [0.29, 0.717) is 17.9 Å². The summed E-state index contributed by atoms with van der Waals surface area (Å²) < 4.78 is 10.4. The molecular weight excluding hydrogens is 328 g/mol. The van der Waals surface area contributed by atoms with Crippen LogP contribution in [0.15, 0.2) is 48.5 Å². The summed E-state index contributed by atoms with van der Waals surface area (Å²) in [5.41, 5.74) is 1.75. The monoisotopic (exact) mass is 356 g/mol. The van der Waals surface area contributed by atoms with E-state index in [1.54, 1.807) is 26.4 Å². The number of rotatable bonds is 9. The molecule has 1 N–H and O–H groups in total. The van der Waals surface area contributed by atoms with E-state index in [4.69, 9.17) is 9.47 Å². The van der Waals surface area contributed by atoms with Crippen LogP contribution in [0.2, 0.25) is 0 Å². The lowest BCUT2D eigenvalue weighted by Crippen LogP contribution is -2.38. The molecule has 0 bridgehead atoms. The van der Waals surface area contributed by atoms with Gasteiger partial charge in [0.1, 0.15) is 11.5 Å². The van der Waals surface area contributed by atoms with E-state index in [0.717, 1.165) is 24.4 Å². The molecule has 140 valence electrons. The van der Waals surface area contributed by atoms with Gasteiger partial charge in [-0.2, -0.15) is 0 Å². The maximum atomic E-state index is 12.5. The molecular formula is C21H28N2O3. The van der Waals surface area contributed by atoms with Crippen LogP contribution in [0.4, 0.5) is 0 Å². The Morgan fingerprint density at radius 1 is 1.00 bits per heavy atom. The number of carbonyl (C=O) groups is 1. The van der Waals surface area contributed by atoms with Crippen LogP contribution in [0.5, 0.6) is 11.5 Å². The second-order valence-electron chi connectivity index (χ2n) is 5.95. The second kappa shape index (κ2) is 9.82. The molecule has 2 aromatic rings. The fraction of sp³-hybridized carbons (Fsp3) is 0.381. The summed E-state index contributed by atoms with van der Waals surface area (Å²) >= 11 is 0. The zero-order valence-electron chi connectivity index (χ0n) is 16.0. The van der Waals surface area contributed by atoms with Crippen LogP contribution in [-0.2, 0) is 0 Å². The molecule has 5 heteroatoms. The molecule has 0 aliphatic heterocycles. The van der Waals surface area contributed by atoms with Crippen molar-refractivity contribution in [2.45, 2.75) is 19.9 Å². The number of nitrogens with one attached hydrogen (secondary N) is 1. The van der Waals surface area contributed by atoms with Gasteiger partial charge in [0.25, 0.3) is 5.91 Å². The predicted octanol–water partition coefficient (Wildman–Crippen LogP) is 3.52. The van der Waals surface area contributed by atoms with E-state index in [9.17, 15) is 4.79 Å². The van der Waals surface area contributed by atoms with Crippen LogP contribution in [0.1, 0.15) is 35.8 Å². The van der Waals surface area contributed by atoms with Crippen LogP contribution in [-0.4, -0.2) is 44.7 Å². The highest BCUT2D eigenvalue weighted by atomic mass is 16.5. The van der Waals surface area contributed by atoms with Gasteiger partial charge in [-0.3, -0.25) is 9.69 Å². The third kappa shape index (κ3) is 4.99. The summed E-state index contributed by atoms with van der Waals surface area (Å²) in [6, 6.07) is 15.3. The van der Waals surface area contributed by atoms with Gasteiger partial charge in [0, 0.05) is 12.1 Å². The molecule has 0 aliphatic carbocycles. The molecule has 0 saturated heterocycles. The zero-order chi connectivity index (χ0) is 18.9. The number of amides is 1. The molecule has 0 radical (unpaired) electrons. The van der Waals surface area contributed by atoms with E-state index >= 15 is 0 Å². The van der Waals surface area contributed by atoms with Crippen molar-refractivity contribution in [1.29, 1.82) is 0 Å². The van der Waals surface area contributed by atoms with Crippen LogP contribution in [0.25, 0.3) is 0 Å². The Hall–Kier alpha value is -2.53. The van der Waals surface area contributed by atoms with Gasteiger partial charge in [-0.15, -0.1) is 0 Å². The smallest absolute Gasteiger partial charge is 0.251 e. The maximum Gasteiger partial charge on any atom is 0.251 e. The Bertz CT molecular complexity index is 697. The van der Waals surface area contributed by atoms with Crippen molar-refractivity contribution >= 4 is 5.91 Å². The van der Waals surface area contributed by atoms with E-state index < -0.39 is 0 Å². The molecule has 1 unspecified atom stereocenters. The van der Waals surface area contributed by atoms with E-state index in [-0.39, 0.29) is 11.9 Å². The third-order valence-corrected chi connectivity index (χ3v) is 4.54. The first-order valence-corrected chi connectivity index (χ1v) is 8.93. The molecule has 0 spiro atoms. The number of hydrogen-bond acceptors (Lipinski definition) is 4. The van der Waals surface area contributed by atoms with Gasteiger partial charge in [0.15, 0.2) is 0 Å². The highest BCUT2D eigenvalue weighted by molar-refractivity contribution is 5.94. The van der Waals surface area contributed by atoms with Gasteiger partial charge < -0.3 is 14.8 Å². The van der Waals surface area contributed by atoms with Gasteiger partial charge in [-0.25, -0.2) is 0 Å². The summed E-state index contributed by atoms with van der Waals surface area (Å²) in [6.07, 6.45) is 0. The number of likely N-dealkylation sites (N-methyl/N-ethyl adjacent to an activating group) is 1. The molecule has 2 rings (SSSR count). The molecule has 1 amide bonds. The number of ether oxygens (including phenoxy) is 2. The lowest BCUT2D eigenvalue weighted by atomic mass is 10.0. The maximum absolute atomic E-state index is 12.5. The average molecular weight is 356 g/mol. The normalized spacial score (nSPS) is 11.9. The van der Waals surface area contributed by atoms with Crippen molar-refractivity contribution < 1.29 is 14.3 Å². The minimum Gasteiger partial charge on any atom is -0.497 e. The molecule has 0 aromatic heterocycles. The van der Waals surface area contributed by atoms with Gasteiger partial charge in [0.05, 0.1) is 20.3 Å². The van der Waals surface area contributed by atoms with Gasteiger partial charge >= 0.3 is 0 Å². The highest BCUT2D eigenvalue weighted by Crippen LogP contribution is 2.23. The number of benzene rings is 2. The number of carbonyl (C=O) groups excluding carboxylic acids is 1. The molecule has 2 aromatic carbocycles. The molecule has 0 heterocycles. The fourth-order valence-electron chi connectivity index (χ4n) is 3.00. The first kappa shape index (κ1) is 19.8. The van der Waals surface area contributed by atoms with Crippen LogP contribution < -0.4 is 14.8 Å². The predicted molar refractivity (Wildman–Crippen MR) is 104 cm³/mol. The minimum atomic E-state index is -0.102. The molecule has 0 fully saturated rings. The number of nitrogens with zero attached hydrogens (tertiary/aromatic N) is 1. The molecule has 0 aliphatic rings. The first-order chi connectivity index (χ1) is 12.6. The number of hydrogen-bond donors (Lipinski definition) is 1. The van der Waals surface area contributed by atoms with Crippen LogP contribution >= 0.6 is 0 Å². The third-order valence-electron chi connectivity index (χ3n) is 4.54. The lowest BCUT2D eigenvalue weighted by molar-refractivity contribution is 0.0934. The average Bonchev–Trinajstić information content (AvgIpc) is 2.71. The Kier molecular flexibility index (Phi) is 7.48. The standard InChI is InChI=1S/C21H28N2O3/c1-5-23(6-2)20(16-10-12-18(25-3)13-11-16)15-22-21(24)17-8-7-9-19(14-17)26-4/h7-14,20H,5-6,15H2,1-4H3,(H,22,24). The Labute approximate surface area is 155 Å². The molecule has 5 nitrogen and oxygen atoms in total. The van der Waals surface area contributed by atoms with Crippen molar-refractivity contribution in [3.8, 4) is 11.5 Å². The molecule has 26 heavy (non-hydrogen) atoms. The van der Waals surface area contributed by atoms with Crippen molar-refractivity contribution in [3.05, 3.63) is 59.7 Å². The van der Waals surface area contributed by atoms with Gasteiger partial charge in [-0.05, 0) is 49.0 Å². The van der Waals surface area contributed by atoms with Gasteiger partial charge in [-0.1, -0.05) is 32.0 Å². The zero-order valence-corrected chi connectivity index (χ0v) is 16.0. The van der Waals surface area contributed by atoms with E-state index in [2.05, 4.69) is 36.2 Å². The summed E-state index contributed by atoms with van der Waals surface area (Å²) in [5, 5.41) is 3.06. The van der Waals surface area contributed by atoms with Crippen molar-refractivity contribution in [2.24, 2.45) is 0 Å². The number of methoxy groups -OCH3 is 2. The quantitative estimate of drug-likeness (QED) is 0.747. The first-order valence-electron chi connectivity index (χ1n) is 8.93. The Morgan fingerprint density at radius 3 is 2.23 bits per heavy atom. The largest absolute Gasteiger partial charge is 0.497 e. The molecule has 0 saturated carbocycles. The van der Waals surface area contributed by atoms with Crippen molar-refractivity contribution in [1.82, 2.24) is 10.2 Å². The summed E-state index contributed by atoms with van der Waals surface area (Å²) in [4.78, 5) is 14.9. The fourth-order valence-corrected chi connectivity index (χ4v) is 3.00. The van der Waals surface area contributed by atoms with Crippen molar-refractivity contribution in [2.75, 3.05) is 33.9 Å². The topological polar surface area (TPSA) is 50.8 Å². The van der Waals surface area contributed by atoms with Crippen molar-refractivity contribution in [3.63, 3.8) is 0 Å². The lowest BCUT2D eigenvalue weighted by Gasteiger charge is -2.30. The highest BCUT2D eigenvalue weighted by Gasteiger charge is 2.19. The summed E-state index contributed by atoms with van der Waals surface area (Å²) in [5.74, 6) is 1.40. The summed E-state index contributed by atoms with van der Waals surface area (Å²) in [6.45, 7) is 6.60. The van der Waals surface area contributed by atoms with Crippen LogP contribution in [0, 0.1) is 0 Å². The molecule has 1 atom stereocenters. The van der Waals surface area contributed by atoms with Crippen LogP contribution in [0.3, 0.4) is 0 Å². The Morgan fingerprint density at radius 2 is 1.65 bits per heavy atom. The van der Waals surface area contributed by atoms with Gasteiger partial charge in [0.2, 0.25) is 0 Å². The summed E-state index contributed by atoms with van der Waals surface area (Å²) in [7, 11) is 3.25. The SMILES string of the molecule is CCN(CC)C(CNC(=O)c1cccc(OC)c1)c1ccc(OC)cc1. The second-order valence-corrected chi connectivity index (χ2v) is 5.95.